The molecule has 0 aliphatic heterocycles. The van der Waals surface area contributed by atoms with Crippen LogP contribution in [0, 0.1) is 19.7 Å². The van der Waals surface area contributed by atoms with Crippen LogP contribution in [0.2, 0.25) is 0 Å². The molecule has 3 heteroatoms. The van der Waals surface area contributed by atoms with Crippen LogP contribution in [0.1, 0.15) is 16.7 Å². The number of halogens is 1. The van der Waals surface area contributed by atoms with E-state index in [0.717, 1.165) is 16.7 Å². The Bertz CT molecular complexity index is 385. The summed E-state index contributed by atoms with van der Waals surface area (Å²) in [6.07, 6.45) is 2.96. The van der Waals surface area contributed by atoms with Crippen LogP contribution >= 0.6 is 0 Å². The number of ether oxygens (including phenoxy) is 1. The zero-order valence-electron chi connectivity index (χ0n) is 9.00. The van der Waals surface area contributed by atoms with Crippen LogP contribution in [0.3, 0.4) is 0 Å². The zero-order chi connectivity index (χ0) is 11.4. The lowest BCUT2D eigenvalue weighted by atomic mass is 10.0. The van der Waals surface area contributed by atoms with E-state index < -0.39 is 5.97 Å². The van der Waals surface area contributed by atoms with Crippen LogP contribution in [-0.2, 0) is 9.53 Å². The third-order valence-corrected chi connectivity index (χ3v) is 2.15. The maximum absolute atomic E-state index is 13.0. The van der Waals surface area contributed by atoms with Gasteiger partial charge in [0.25, 0.3) is 0 Å². The molecule has 0 fully saturated rings. The molecule has 0 spiro atoms. The number of hydrogen-bond donors (Lipinski definition) is 0. The maximum Gasteiger partial charge on any atom is 0.330 e. The van der Waals surface area contributed by atoms with E-state index in [9.17, 15) is 9.18 Å². The number of aryl methyl sites for hydroxylation is 2. The van der Waals surface area contributed by atoms with Gasteiger partial charge in [-0.25, -0.2) is 9.18 Å². The van der Waals surface area contributed by atoms with Gasteiger partial charge in [-0.3, -0.25) is 0 Å². The van der Waals surface area contributed by atoms with Gasteiger partial charge in [-0.05, 0) is 48.7 Å². The Hall–Kier alpha value is -1.64. The number of methoxy groups -OCH3 is 1. The molecule has 0 atom stereocenters. The summed E-state index contributed by atoms with van der Waals surface area (Å²) in [5.41, 5.74) is 2.45. The molecule has 80 valence electrons. The van der Waals surface area contributed by atoms with Crippen LogP contribution in [-0.4, -0.2) is 13.1 Å². The predicted octanol–water partition coefficient (Wildman–Crippen LogP) is 2.63. The second kappa shape index (κ2) is 4.73. The summed E-state index contributed by atoms with van der Waals surface area (Å²) in [4.78, 5) is 10.9. The average Bonchev–Trinajstić information content (AvgIpc) is 2.15. The lowest BCUT2D eigenvalue weighted by Gasteiger charge is -2.04. The molecule has 0 radical (unpaired) electrons. The van der Waals surface area contributed by atoms with Crippen molar-refractivity contribution >= 4 is 12.0 Å². The van der Waals surface area contributed by atoms with Crippen LogP contribution in [0.4, 0.5) is 4.39 Å². The van der Waals surface area contributed by atoms with Gasteiger partial charge in [-0.15, -0.1) is 0 Å². The topological polar surface area (TPSA) is 26.3 Å². The Balaban J connectivity index is 3.05. The molecule has 0 N–H and O–H groups in total. The number of carbonyl (C=O) groups is 1. The van der Waals surface area contributed by atoms with E-state index in [4.69, 9.17) is 0 Å². The highest BCUT2D eigenvalue weighted by atomic mass is 19.1. The van der Waals surface area contributed by atoms with E-state index in [1.807, 2.05) is 0 Å². The number of esters is 1. The molecular weight excluding hydrogens is 195 g/mol. The number of benzene rings is 1. The van der Waals surface area contributed by atoms with Crippen LogP contribution in [0.25, 0.3) is 6.08 Å². The van der Waals surface area contributed by atoms with E-state index in [2.05, 4.69) is 4.74 Å². The standard InChI is InChI=1S/C12H13FO2/c1-8-6-10(13)7-9(2)11(8)4-5-12(14)15-3/h4-7H,1-3H3. The minimum Gasteiger partial charge on any atom is -0.466 e. The Morgan fingerprint density at radius 1 is 1.33 bits per heavy atom. The summed E-state index contributed by atoms with van der Waals surface area (Å²) in [5, 5.41) is 0. The van der Waals surface area contributed by atoms with Gasteiger partial charge >= 0.3 is 5.97 Å². The quantitative estimate of drug-likeness (QED) is 0.551. The summed E-state index contributed by atoms with van der Waals surface area (Å²) in [6, 6.07) is 2.87. The Morgan fingerprint density at radius 2 is 1.87 bits per heavy atom. The van der Waals surface area contributed by atoms with Gasteiger partial charge in [-0.1, -0.05) is 0 Å². The second-order valence-electron chi connectivity index (χ2n) is 3.31. The fraction of sp³-hybridized carbons (Fsp3) is 0.250. The normalized spacial score (nSPS) is 10.7. The third-order valence-electron chi connectivity index (χ3n) is 2.15. The molecule has 0 aliphatic rings. The van der Waals surface area contributed by atoms with Crippen molar-refractivity contribution in [3.8, 4) is 0 Å². The summed E-state index contributed by atoms with van der Waals surface area (Å²) in [5.74, 6) is -0.682. The zero-order valence-corrected chi connectivity index (χ0v) is 9.00. The molecule has 0 bridgehead atoms. The van der Waals surface area contributed by atoms with Gasteiger partial charge in [0.1, 0.15) is 5.82 Å². The highest BCUT2D eigenvalue weighted by Gasteiger charge is 2.02. The van der Waals surface area contributed by atoms with Crippen molar-refractivity contribution in [1.82, 2.24) is 0 Å². The molecule has 1 aromatic rings. The van der Waals surface area contributed by atoms with Crippen LogP contribution in [0.15, 0.2) is 18.2 Å². The van der Waals surface area contributed by atoms with Crippen molar-refractivity contribution in [2.45, 2.75) is 13.8 Å². The molecule has 1 aromatic carbocycles. The first-order chi connectivity index (χ1) is 7.04. The summed E-state index contributed by atoms with van der Waals surface area (Å²) in [7, 11) is 1.32. The lowest BCUT2D eigenvalue weighted by Crippen LogP contribution is -1.95. The molecule has 0 heterocycles. The van der Waals surface area contributed by atoms with Crippen molar-refractivity contribution < 1.29 is 13.9 Å². The molecule has 0 amide bonds. The summed E-state index contributed by atoms with van der Waals surface area (Å²) in [6.45, 7) is 3.60. The monoisotopic (exact) mass is 208 g/mol. The van der Waals surface area contributed by atoms with Crippen LogP contribution in [0.5, 0.6) is 0 Å². The third kappa shape index (κ3) is 2.91. The van der Waals surface area contributed by atoms with E-state index in [1.165, 1.54) is 25.3 Å². The van der Waals surface area contributed by atoms with E-state index in [1.54, 1.807) is 19.9 Å². The van der Waals surface area contributed by atoms with Gasteiger partial charge in [0, 0.05) is 6.08 Å². The van der Waals surface area contributed by atoms with E-state index in [-0.39, 0.29) is 5.82 Å². The molecule has 1 rings (SSSR count). The van der Waals surface area contributed by atoms with Crippen molar-refractivity contribution in [2.24, 2.45) is 0 Å². The van der Waals surface area contributed by atoms with E-state index >= 15 is 0 Å². The number of carbonyl (C=O) groups excluding carboxylic acids is 1. The van der Waals surface area contributed by atoms with Crippen molar-refractivity contribution in [3.63, 3.8) is 0 Å². The van der Waals surface area contributed by atoms with Gasteiger partial charge in [0.2, 0.25) is 0 Å². The predicted molar refractivity (Wildman–Crippen MR) is 56.9 cm³/mol. The lowest BCUT2D eigenvalue weighted by molar-refractivity contribution is -0.134. The molecule has 0 saturated heterocycles. The van der Waals surface area contributed by atoms with Crippen molar-refractivity contribution in [3.05, 3.63) is 40.7 Å². The molecule has 0 unspecified atom stereocenters. The first-order valence-corrected chi connectivity index (χ1v) is 4.57. The molecule has 15 heavy (non-hydrogen) atoms. The smallest absolute Gasteiger partial charge is 0.330 e. The highest BCUT2D eigenvalue weighted by molar-refractivity contribution is 5.87. The van der Waals surface area contributed by atoms with Crippen molar-refractivity contribution in [1.29, 1.82) is 0 Å². The highest BCUT2D eigenvalue weighted by Crippen LogP contribution is 2.17. The first-order valence-electron chi connectivity index (χ1n) is 4.57. The summed E-state index contributed by atoms with van der Waals surface area (Å²) >= 11 is 0. The fourth-order valence-electron chi connectivity index (χ4n) is 1.40. The first kappa shape index (κ1) is 11.4. The maximum atomic E-state index is 13.0. The Labute approximate surface area is 88.4 Å². The van der Waals surface area contributed by atoms with Gasteiger partial charge < -0.3 is 4.74 Å². The minimum absolute atomic E-state index is 0.264. The number of hydrogen-bond acceptors (Lipinski definition) is 2. The van der Waals surface area contributed by atoms with Gasteiger partial charge in [0.15, 0.2) is 0 Å². The second-order valence-corrected chi connectivity index (χ2v) is 3.31. The number of rotatable bonds is 2. The fourth-order valence-corrected chi connectivity index (χ4v) is 1.40. The molecule has 0 aromatic heterocycles. The summed E-state index contributed by atoms with van der Waals surface area (Å²) < 4.78 is 17.4. The van der Waals surface area contributed by atoms with Gasteiger partial charge in [0.05, 0.1) is 7.11 Å². The van der Waals surface area contributed by atoms with Crippen LogP contribution < -0.4 is 0 Å². The van der Waals surface area contributed by atoms with E-state index in [0.29, 0.717) is 0 Å². The largest absolute Gasteiger partial charge is 0.466 e. The molecule has 0 aliphatic carbocycles. The molecule has 0 saturated carbocycles. The Kier molecular flexibility index (Phi) is 3.61. The Morgan fingerprint density at radius 3 is 2.33 bits per heavy atom. The van der Waals surface area contributed by atoms with Crippen molar-refractivity contribution in [2.75, 3.05) is 7.11 Å². The SMILES string of the molecule is COC(=O)C=Cc1c(C)cc(F)cc1C. The minimum atomic E-state index is -0.418. The van der Waals surface area contributed by atoms with Gasteiger partial charge in [-0.2, -0.15) is 0 Å². The average molecular weight is 208 g/mol. The molecule has 2 nitrogen and oxygen atoms in total. The molecular formula is C12H13FO2.